The van der Waals surface area contributed by atoms with Crippen molar-refractivity contribution < 1.29 is 19.1 Å². The SMILES string of the molecule is CCOC(=O)CN(C(=O)Oc1ccc2sc(CCc3ccc(C(=N)N)cc3)nc2c1)c1ccccn1.Cl.Cl. The molecule has 9 nitrogen and oxygen atoms in total. The fraction of sp³-hybridized carbons (Fsp3) is 0.192. The van der Waals surface area contributed by atoms with Gasteiger partial charge in [0.05, 0.1) is 21.8 Å². The molecule has 0 aliphatic heterocycles. The zero-order chi connectivity index (χ0) is 25.5. The summed E-state index contributed by atoms with van der Waals surface area (Å²) in [5.41, 5.74) is 8.06. The number of ether oxygens (including phenoxy) is 2. The third kappa shape index (κ3) is 7.88. The van der Waals surface area contributed by atoms with Crippen LogP contribution in [0.4, 0.5) is 10.6 Å². The molecule has 0 atom stereocenters. The smallest absolute Gasteiger partial charge is 0.421 e. The maximum atomic E-state index is 12.9. The normalized spacial score (nSPS) is 10.1. The van der Waals surface area contributed by atoms with Crippen molar-refractivity contribution >= 4 is 70.1 Å². The van der Waals surface area contributed by atoms with E-state index in [1.807, 2.05) is 30.3 Å². The van der Waals surface area contributed by atoms with Gasteiger partial charge in [0.15, 0.2) is 0 Å². The van der Waals surface area contributed by atoms with E-state index in [4.69, 9.17) is 25.6 Å². The van der Waals surface area contributed by atoms with E-state index in [2.05, 4.69) is 4.98 Å². The number of anilines is 1. The molecule has 200 valence electrons. The average Bonchev–Trinajstić information content (AvgIpc) is 3.29. The summed E-state index contributed by atoms with van der Waals surface area (Å²) in [6.07, 6.45) is 2.33. The second-order valence-electron chi connectivity index (χ2n) is 7.79. The van der Waals surface area contributed by atoms with E-state index in [1.54, 1.807) is 48.6 Å². The van der Waals surface area contributed by atoms with Gasteiger partial charge < -0.3 is 15.2 Å². The third-order valence-corrected chi connectivity index (χ3v) is 6.34. The predicted octanol–water partition coefficient (Wildman–Crippen LogP) is 5.17. The van der Waals surface area contributed by atoms with Crippen LogP contribution in [0.15, 0.2) is 66.9 Å². The number of nitrogen functional groups attached to an aromatic ring is 1. The van der Waals surface area contributed by atoms with Crippen molar-refractivity contribution in [2.45, 2.75) is 19.8 Å². The minimum Gasteiger partial charge on any atom is -0.465 e. The zero-order valence-electron chi connectivity index (χ0n) is 20.5. The van der Waals surface area contributed by atoms with Gasteiger partial charge in [0.25, 0.3) is 0 Å². The Morgan fingerprint density at radius 1 is 1.05 bits per heavy atom. The van der Waals surface area contributed by atoms with Crippen molar-refractivity contribution in [3.63, 3.8) is 0 Å². The summed E-state index contributed by atoms with van der Waals surface area (Å²) in [7, 11) is 0. The Kier molecular flexibility index (Phi) is 11.5. The van der Waals surface area contributed by atoms with E-state index in [1.165, 1.54) is 6.20 Å². The number of thiazole rings is 1. The molecule has 0 aliphatic rings. The van der Waals surface area contributed by atoms with Gasteiger partial charge in [0.1, 0.15) is 23.9 Å². The Morgan fingerprint density at radius 2 is 1.82 bits per heavy atom. The van der Waals surface area contributed by atoms with Gasteiger partial charge in [-0.1, -0.05) is 30.3 Å². The van der Waals surface area contributed by atoms with Gasteiger partial charge in [-0.2, -0.15) is 0 Å². The van der Waals surface area contributed by atoms with Crippen LogP contribution in [0.25, 0.3) is 10.2 Å². The third-order valence-electron chi connectivity index (χ3n) is 5.24. The highest BCUT2D eigenvalue weighted by Gasteiger charge is 2.23. The summed E-state index contributed by atoms with van der Waals surface area (Å²) in [5, 5.41) is 8.45. The van der Waals surface area contributed by atoms with Crippen LogP contribution < -0.4 is 15.4 Å². The maximum Gasteiger partial charge on any atom is 0.421 e. The topological polar surface area (TPSA) is 131 Å². The maximum absolute atomic E-state index is 12.9. The van der Waals surface area contributed by atoms with Crippen LogP contribution in [0.3, 0.4) is 0 Å². The Labute approximate surface area is 236 Å². The minimum atomic E-state index is -0.745. The fourth-order valence-corrected chi connectivity index (χ4v) is 4.42. The van der Waals surface area contributed by atoms with Crippen molar-refractivity contribution in [1.29, 1.82) is 5.41 Å². The molecule has 0 fully saturated rings. The quantitative estimate of drug-likeness (QED) is 0.160. The first-order chi connectivity index (χ1) is 17.4. The van der Waals surface area contributed by atoms with Gasteiger partial charge in [-0.15, -0.1) is 36.2 Å². The molecular formula is C26H27Cl2N5O4S. The highest BCUT2D eigenvalue weighted by molar-refractivity contribution is 7.18. The number of hydrogen-bond acceptors (Lipinski definition) is 8. The van der Waals surface area contributed by atoms with Gasteiger partial charge in [0, 0.05) is 24.2 Å². The molecule has 0 radical (unpaired) electrons. The molecule has 4 rings (SSSR count). The second-order valence-corrected chi connectivity index (χ2v) is 8.91. The van der Waals surface area contributed by atoms with Gasteiger partial charge in [-0.3, -0.25) is 10.2 Å². The molecule has 2 aromatic heterocycles. The zero-order valence-corrected chi connectivity index (χ0v) is 22.9. The molecule has 0 bridgehead atoms. The lowest BCUT2D eigenvalue weighted by molar-refractivity contribution is -0.141. The van der Waals surface area contributed by atoms with Crippen LogP contribution in [-0.4, -0.2) is 41.0 Å². The van der Waals surface area contributed by atoms with Gasteiger partial charge in [-0.05, 0) is 43.2 Å². The molecular weight excluding hydrogens is 549 g/mol. The first-order valence-corrected chi connectivity index (χ1v) is 12.1. The number of nitrogens with zero attached hydrogens (tertiary/aromatic N) is 3. The standard InChI is InChI=1S/C26H25N5O4S.2ClH/c1-2-34-24(32)16-31(22-5-3-4-14-29-22)26(33)35-19-11-12-21-20(15-19)30-23(36-21)13-8-17-6-9-18(10-7-17)25(27)28;;/h3-7,9-12,14-15H,2,8,13,16H2,1H3,(H3,27,28);2*1H. The lowest BCUT2D eigenvalue weighted by Gasteiger charge is -2.20. The summed E-state index contributed by atoms with van der Waals surface area (Å²) < 4.78 is 11.5. The van der Waals surface area contributed by atoms with Crippen molar-refractivity contribution in [2.24, 2.45) is 5.73 Å². The van der Waals surface area contributed by atoms with Crippen molar-refractivity contribution in [1.82, 2.24) is 9.97 Å². The summed E-state index contributed by atoms with van der Waals surface area (Å²) >= 11 is 1.58. The van der Waals surface area contributed by atoms with Crippen LogP contribution >= 0.6 is 36.2 Å². The number of nitrogens with one attached hydrogen (secondary N) is 1. The number of nitrogens with two attached hydrogens (primary N) is 1. The molecule has 0 aliphatic carbocycles. The molecule has 0 saturated carbocycles. The summed E-state index contributed by atoms with van der Waals surface area (Å²) in [6, 6.07) is 17.9. The Hall–Kier alpha value is -3.73. The van der Waals surface area contributed by atoms with Crippen LogP contribution in [0, 0.1) is 5.41 Å². The van der Waals surface area contributed by atoms with E-state index in [-0.39, 0.29) is 49.6 Å². The summed E-state index contributed by atoms with van der Waals surface area (Å²) in [4.78, 5) is 35.0. The number of aromatic nitrogens is 2. The van der Waals surface area contributed by atoms with Crippen molar-refractivity contribution in [3.05, 3.63) is 83.0 Å². The first-order valence-electron chi connectivity index (χ1n) is 11.3. The Morgan fingerprint density at radius 3 is 2.47 bits per heavy atom. The fourth-order valence-electron chi connectivity index (χ4n) is 3.47. The molecule has 3 N–H and O–H groups in total. The molecule has 38 heavy (non-hydrogen) atoms. The largest absolute Gasteiger partial charge is 0.465 e. The molecule has 1 amide bonds. The molecule has 12 heteroatoms. The number of carbonyl (C=O) groups is 2. The first kappa shape index (κ1) is 30.5. The van der Waals surface area contributed by atoms with Crippen LogP contribution in [0.1, 0.15) is 23.1 Å². The number of hydrogen-bond donors (Lipinski definition) is 2. The number of rotatable bonds is 9. The Balaban J connectivity index is 0.00000253. The number of pyridine rings is 1. The number of halogens is 2. The number of amidine groups is 1. The van der Waals surface area contributed by atoms with E-state index in [0.29, 0.717) is 11.3 Å². The van der Waals surface area contributed by atoms with Crippen LogP contribution in [0.2, 0.25) is 0 Å². The molecule has 0 saturated heterocycles. The van der Waals surface area contributed by atoms with Gasteiger partial charge >= 0.3 is 12.1 Å². The number of benzene rings is 2. The Bertz CT molecular complexity index is 1380. The summed E-state index contributed by atoms with van der Waals surface area (Å²) in [6.45, 7) is 1.58. The van der Waals surface area contributed by atoms with Crippen molar-refractivity contribution in [3.8, 4) is 5.75 Å². The molecule has 2 heterocycles. The number of fused-ring (bicyclic) bond motifs is 1. The lowest BCUT2D eigenvalue weighted by Crippen LogP contribution is -2.39. The van der Waals surface area contributed by atoms with Gasteiger partial charge in [-0.25, -0.2) is 19.7 Å². The highest BCUT2D eigenvalue weighted by atomic mass is 35.5. The molecule has 0 spiro atoms. The molecule has 0 unspecified atom stereocenters. The summed E-state index contributed by atoms with van der Waals surface area (Å²) in [5.74, 6) is 0.0850. The highest BCUT2D eigenvalue weighted by Crippen LogP contribution is 2.27. The van der Waals surface area contributed by atoms with E-state index >= 15 is 0 Å². The number of amides is 1. The average molecular weight is 577 g/mol. The van der Waals surface area contributed by atoms with Crippen LogP contribution in [0.5, 0.6) is 5.75 Å². The number of esters is 1. The number of carbonyl (C=O) groups excluding carboxylic acids is 2. The van der Waals surface area contributed by atoms with Crippen molar-refractivity contribution in [2.75, 3.05) is 18.1 Å². The molecule has 2 aromatic carbocycles. The second kappa shape index (κ2) is 14.3. The van der Waals surface area contributed by atoms with Crippen LogP contribution in [-0.2, 0) is 22.4 Å². The van der Waals surface area contributed by atoms with Gasteiger partial charge in [0.2, 0.25) is 0 Å². The number of aryl methyl sites for hydroxylation is 2. The van der Waals surface area contributed by atoms with E-state index in [9.17, 15) is 9.59 Å². The van der Waals surface area contributed by atoms with E-state index < -0.39 is 12.1 Å². The van der Waals surface area contributed by atoms with E-state index in [0.717, 1.165) is 38.5 Å². The molecule has 4 aromatic rings. The lowest BCUT2D eigenvalue weighted by atomic mass is 10.1. The monoisotopic (exact) mass is 575 g/mol. The predicted molar refractivity (Wildman–Crippen MR) is 153 cm³/mol. The minimum absolute atomic E-state index is 0.